The third kappa shape index (κ3) is 4.19. The van der Waals surface area contributed by atoms with Gasteiger partial charge in [0, 0.05) is 23.6 Å². The van der Waals surface area contributed by atoms with Crippen LogP contribution in [-0.2, 0) is 0 Å². The average molecular weight is 473 g/mol. The maximum absolute atomic E-state index is 13.5. The van der Waals surface area contributed by atoms with Crippen LogP contribution in [0.3, 0.4) is 0 Å². The molecule has 0 unspecified atom stereocenters. The summed E-state index contributed by atoms with van der Waals surface area (Å²) in [5.74, 6) is -0.560. The minimum Gasteiger partial charge on any atom is -0.455 e. The van der Waals surface area contributed by atoms with Crippen molar-refractivity contribution in [2.24, 2.45) is 0 Å². The third-order valence-corrected chi connectivity index (χ3v) is 6.59. The summed E-state index contributed by atoms with van der Waals surface area (Å²) < 4.78 is 19.5. The van der Waals surface area contributed by atoms with Gasteiger partial charge in [-0.2, -0.15) is 0 Å². The molecular weight excluding hydrogens is 447 g/mol. The quantitative estimate of drug-likeness (QED) is 0.375. The van der Waals surface area contributed by atoms with Crippen LogP contribution in [0.5, 0.6) is 0 Å². The molecular formula is C28H25FN2O4. The number of aliphatic hydroxyl groups excluding tert-OH is 1. The molecule has 0 saturated heterocycles. The summed E-state index contributed by atoms with van der Waals surface area (Å²) in [5.41, 5.74) is 4.11. The van der Waals surface area contributed by atoms with Gasteiger partial charge in [0.05, 0.1) is 17.7 Å². The number of furan rings is 1. The van der Waals surface area contributed by atoms with Crippen molar-refractivity contribution in [2.45, 2.75) is 25.3 Å². The van der Waals surface area contributed by atoms with E-state index in [9.17, 15) is 19.1 Å². The van der Waals surface area contributed by atoms with E-state index < -0.39 is 5.54 Å². The molecule has 0 atom stereocenters. The van der Waals surface area contributed by atoms with Crippen molar-refractivity contribution in [3.05, 3.63) is 83.2 Å². The lowest BCUT2D eigenvalue weighted by Gasteiger charge is -2.15. The fourth-order valence-electron chi connectivity index (χ4n) is 4.28. The van der Waals surface area contributed by atoms with E-state index >= 15 is 0 Å². The van der Waals surface area contributed by atoms with Gasteiger partial charge in [0.1, 0.15) is 17.2 Å². The molecule has 2 amide bonds. The maximum Gasteiger partial charge on any atom is 0.255 e. The summed E-state index contributed by atoms with van der Waals surface area (Å²) in [6.07, 6.45) is 1.54. The van der Waals surface area contributed by atoms with E-state index in [0.29, 0.717) is 33.4 Å². The Balaban J connectivity index is 1.59. The molecule has 0 radical (unpaired) electrons. The molecule has 3 aromatic carbocycles. The van der Waals surface area contributed by atoms with Crippen molar-refractivity contribution in [2.75, 3.05) is 13.7 Å². The number of rotatable bonds is 6. The van der Waals surface area contributed by atoms with Gasteiger partial charge in [-0.15, -0.1) is 0 Å². The number of carbonyl (C=O) groups is 2. The Morgan fingerprint density at radius 3 is 2.37 bits per heavy atom. The zero-order chi connectivity index (χ0) is 24.7. The van der Waals surface area contributed by atoms with Gasteiger partial charge >= 0.3 is 0 Å². The number of benzene rings is 3. The molecule has 3 N–H and O–H groups in total. The first kappa shape index (κ1) is 22.8. The number of halogens is 1. The second-order valence-corrected chi connectivity index (χ2v) is 9.03. The minimum atomic E-state index is -0.503. The van der Waals surface area contributed by atoms with Gasteiger partial charge in [0.15, 0.2) is 0 Å². The van der Waals surface area contributed by atoms with Crippen LogP contribution in [-0.4, -0.2) is 36.1 Å². The van der Waals surface area contributed by atoms with E-state index in [-0.39, 0.29) is 24.2 Å². The minimum absolute atomic E-state index is 0.0761. The van der Waals surface area contributed by atoms with E-state index in [1.165, 1.54) is 12.1 Å². The summed E-state index contributed by atoms with van der Waals surface area (Å²) in [7, 11) is 1.55. The summed E-state index contributed by atoms with van der Waals surface area (Å²) in [6, 6.07) is 16.8. The zero-order valence-electron chi connectivity index (χ0n) is 19.4. The van der Waals surface area contributed by atoms with Gasteiger partial charge in [-0.1, -0.05) is 12.1 Å². The van der Waals surface area contributed by atoms with Crippen molar-refractivity contribution in [3.8, 4) is 22.5 Å². The molecule has 1 aromatic heterocycles. The Labute approximate surface area is 201 Å². The number of carbonyl (C=O) groups excluding carboxylic acids is 2. The van der Waals surface area contributed by atoms with Crippen molar-refractivity contribution < 1.29 is 23.5 Å². The smallest absolute Gasteiger partial charge is 0.255 e. The zero-order valence-corrected chi connectivity index (χ0v) is 19.4. The summed E-state index contributed by atoms with van der Waals surface area (Å²) in [5, 5.41) is 15.8. The third-order valence-electron chi connectivity index (χ3n) is 6.59. The average Bonchev–Trinajstić information content (AvgIpc) is 3.54. The number of aliphatic hydroxyl groups is 1. The van der Waals surface area contributed by atoms with Gasteiger partial charge in [-0.3, -0.25) is 9.59 Å². The summed E-state index contributed by atoms with van der Waals surface area (Å²) in [6.45, 7) is 1.88. The Hall–Kier alpha value is -3.97. The summed E-state index contributed by atoms with van der Waals surface area (Å²) in [4.78, 5) is 25.7. The highest BCUT2D eigenvalue weighted by atomic mass is 19.1. The van der Waals surface area contributed by atoms with Crippen LogP contribution in [0.2, 0.25) is 0 Å². The highest BCUT2D eigenvalue weighted by Gasteiger charge is 2.43. The molecule has 1 saturated carbocycles. The molecule has 0 aliphatic heterocycles. The predicted molar refractivity (Wildman–Crippen MR) is 132 cm³/mol. The molecule has 1 fully saturated rings. The van der Waals surface area contributed by atoms with Crippen LogP contribution >= 0.6 is 0 Å². The first-order valence-electron chi connectivity index (χ1n) is 11.4. The standard InChI is InChI=1S/C28H25FN2O4/c1-16-3-4-19(26(33)31-28(15-32)11-12-28)14-21(16)18-7-10-23-22(13-18)24(27(34)30-2)25(35-23)17-5-8-20(29)9-6-17/h3-10,13-14,32H,11-12,15H2,1-2H3,(H,30,34)(H,31,33). The molecule has 178 valence electrons. The normalized spacial score (nSPS) is 14.1. The van der Waals surface area contributed by atoms with Crippen molar-refractivity contribution in [3.63, 3.8) is 0 Å². The second kappa shape index (κ2) is 8.67. The van der Waals surface area contributed by atoms with Gasteiger partial charge in [-0.25, -0.2) is 4.39 Å². The van der Waals surface area contributed by atoms with E-state index in [4.69, 9.17) is 4.42 Å². The van der Waals surface area contributed by atoms with Crippen molar-refractivity contribution in [1.29, 1.82) is 0 Å². The molecule has 0 bridgehead atoms. The van der Waals surface area contributed by atoms with Crippen molar-refractivity contribution in [1.82, 2.24) is 10.6 Å². The molecule has 1 heterocycles. The van der Waals surface area contributed by atoms with Crippen LogP contribution in [0, 0.1) is 12.7 Å². The first-order valence-corrected chi connectivity index (χ1v) is 11.4. The maximum atomic E-state index is 13.5. The first-order chi connectivity index (χ1) is 16.8. The highest BCUT2D eigenvalue weighted by Crippen LogP contribution is 2.38. The van der Waals surface area contributed by atoms with Crippen LogP contribution < -0.4 is 10.6 Å². The molecule has 5 rings (SSSR count). The molecule has 4 aromatic rings. The van der Waals surface area contributed by atoms with E-state index in [0.717, 1.165) is 29.5 Å². The van der Waals surface area contributed by atoms with Gasteiger partial charge in [0.25, 0.3) is 11.8 Å². The number of nitrogens with one attached hydrogen (secondary N) is 2. The number of fused-ring (bicyclic) bond motifs is 1. The number of hydrogen-bond donors (Lipinski definition) is 3. The van der Waals surface area contributed by atoms with E-state index in [1.54, 1.807) is 31.3 Å². The Morgan fingerprint density at radius 1 is 1.00 bits per heavy atom. The molecule has 35 heavy (non-hydrogen) atoms. The molecule has 6 nitrogen and oxygen atoms in total. The number of hydrogen-bond acceptors (Lipinski definition) is 4. The van der Waals surface area contributed by atoms with Crippen LogP contribution in [0.15, 0.2) is 65.1 Å². The Bertz CT molecular complexity index is 1450. The van der Waals surface area contributed by atoms with Crippen molar-refractivity contribution >= 4 is 22.8 Å². The fraction of sp³-hybridized carbons (Fsp3) is 0.214. The van der Waals surface area contributed by atoms with Crippen LogP contribution in [0.4, 0.5) is 4.39 Å². The lowest BCUT2D eigenvalue weighted by molar-refractivity contribution is 0.0905. The lowest BCUT2D eigenvalue weighted by Crippen LogP contribution is -2.39. The molecule has 7 heteroatoms. The molecule has 1 aliphatic rings. The Kier molecular flexibility index (Phi) is 5.65. The monoisotopic (exact) mass is 472 g/mol. The SMILES string of the molecule is CNC(=O)c1c(-c2ccc(F)cc2)oc2ccc(-c3cc(C(=O)NC4(CO)CC4)ccc3C)cc12. The highest BCUT2D eigenvalue weighted by molar-refractivity contribution is 6.12. The second-order valence-electron chi connectivity index (χ2n) is 9.03. The number of aryl methyl sites for hydroxylation is 1. The van der Waals surface area contributed by atoms with Gasteiger partial charge in [0.2, 0.25) is 0 Å². The Morgan fingerprint density at radius 2 is 1.71 bits per heavy atom. The largest absolute Gasteiger partial charge is 0.455 e. The summed E-state index contributed by atoms with van der Waals surface area (Å²) >= 11 is 0. The lowest BCUT2D eigenvalue weighted by atomic mass is 9.95. The fourth-order valence-corrected chi connectivity index (χ4v) is 4.28. The van der Waals surface area contributed by atoms with E-state index in [2.05, 4.69) is 10.6 Å². The number of amides is 2. The van der Waals surface area contributed by atoms with Crippen LogP contribution in [0.1, 0.15) is 39.1 Å². The van der Waals surface area contributed by atoms with E-state index in [1.807, 2.05) is 31.2 Å². The molecule has 1 aliphatic carbocycles. The molecule has 0 spiro atoms. The van der Waals surface area contributed by atoms with Gasteiger partial charge in [-0.05, 0) is 85.0 Å². The topological polar surface area (TPSA) is 91.6 Å². The van der Waals surface area contributed by atoms with Gasteiger partial charge < -0.3 is 20.2 Å². The van der Waals surface area contributed by atoms with Crippen LogP contribution in [0.25, 0.3) is 33.4 Å². The predicted octanol–water partition coefficient (Wildman–Crippen LogP) is 4.83.